The van der Waals surface area contributed by atoms with Crippen molar-refractivity contribution in [3.63, 3.8) is 0 Å². The minimum atomic E-state index is -0.554. The van der Waals surface area contributed by atoms with E-state index in [1.807, 2.05) is 0 Å². The summed E-state index contributed by atoms with van der Waals surface area (Å²) < 4.78 is 15.8. The summed E-state index contributed by atoms with van der Waals surface area (Å²) in [7, 11) is 1.51. The molecule has 9 nitrogen and oxygen atoms in total. The molecule has 1 fully saturated rings. The van der Waals surface area contributed by atoms with Crippen LogP contribution in [0, 0.1) is 0 Å². The van der Waals surface area contributed by atoms with Crippen LogP contribution < -0.4 is 25.9 Å². The highest BCUT2D eigenvalue weighted by Crippen LogP contribution is 2.27. The van der Waals surface area contributed by atoms with Crippen LogP contribution in [-0.2, 0) is 9.53 Å². The van der Waals surface area contributed by atoms with Crippen molar-refractivity contribution >= 4 is 29.5 Å². The first-order valence-electron chi connectivity index (χ1n) is 8.54. The van der Waals surface area contributed by atoms with E-state index in [0.29, 0.717) is 16.6 Å². The number of amides is 1. The van der Waals surface area contributed by atoms with Crippen molar-refractivity contribution in [1.29, 1.82) is 0 Å². The molecule has 1 aliphatic heterocycles. The Hall–Kier alpha value is -2.43. The molecule has 1 aliphatic rings. The highest BCUT2D eigenvalue weighted by atomic mass is 32.1. The fourth-order valence-electron chi connectivity index (χ4n) is 2.39. The number of carbonyl (C=O) groups excluding carboxylic acids is 1. The Kier molecular flexibility index (Phi) is 8.75. The number of rotatable bonds is 9. The largest absolute Gasteiger partial charge is 0.493 e. The molecule has 1 aromatic carbocycles. The third-order valence-electron chi connectivity index (χ3n) is 3.75. The summed E-state index contributed by atoms with van der Waals surface area (Å²) >= 11 is 5.20. The lowest BCUT2D eigenvalue weighted by Crippen LogP contribution is -2.42. The summed E-state index contributed by atoms with van der Waals surface area (Å²) in [5, 5.41) is 7.67. The number of methoxy groups -OCH3 is 1. The summed E-state index contributed by atoms with van der Waals surface area (Å²) in [5.74, 6) is 0.356. The van der Waals surface area contributed by atoms with Crippen molar-refractivity contribution in [2.45, 2.75) is 0 Å². The first-order valence-corrected chi connectivity index (χ1v) is 8.95. The Morgan fingerprint density at radius 1 is 1.41 bits per heavy atom. The van der Waals surface area contributed by atoms with E-state index in [4.69, 9.17) is 32.2 Å². The van der Waals surface area contributed by atoms with E-state index < -0.39 is 5.91 Å². The second kappa shape index (κ2) is 11.3. The standard InChI is InChI=1S/C17H25N5O4S/c1-24-15-10-13(2-3-14(15)26-12-16(18)23)11-20-21-17(27)19-4-5-22-6-8-25-9-7-22/h2-3,10-11H,4-9,12H2,1H3,(H2,18,23)(H2,19,21,27)/b20-11-. The smallest absolute Gasteiger partial charge is 0.255 e. The van der Waals surface area contributed by atoms with Gasteiger partial charge in [-0.2, -0.15) is 5.10 Å². The zero-order chi connectivity index (χ0) is 19.5. The molecule has 27 heavy (non-hydrogen) atoms. The van der Waals surface area contributed by atoms with Gasteiger partial charge in [-0.3, -0.25) is 15.1 Å². The van der Waals surface area contributed by atoms with Gasteiger partial charge < -0.3 is 25.3 Å². The Balaban J connectivity index is 1.75. The molecule has 1 heterocycles. The molecule has 0 aromatic heterocycles. The molecule has 0 saturated carbocycles. The Bertz CT molecular complexity index is 665. The lowest BCUT2D eigenvalue weighted by atomic mass is 10.2. The molecule has 148 valence electrons. The number of nitrogens with one attached hydrogen (secondary N) is 2. The number of thiocarbonyl (C=S) groups is 1. The number of hydrogen-bond acceptors (Lipinski definition) is 7. The first kappa shape index (κ1) is 20.9. The number of hydrogen-bond donors (Lipinski definition) is 3. The molecular formula is C17H25N5O4S. The number of morpholine rings is 1. The van der Waals surface area contributed by atoms with Crippen LogP contribution in [-0.4, -0.2) is 75.2 Å². The number of nitrogens with zero attached hydrogens (tertiary/aromatic N) is 2. The van der Waals surface area contributed by atoms with Crippen LogP contribution >= 0.6 is 12.2 Å². The van der Waals surface area contributed by atoms with Crippen LogP contribution in [0.1, 0.15) is 5.56 Å². The summed E-state index contributed by atoms with van der Waals surface area (Å²) in [4.78, 5) is 13.1. The summed E-state index contributed by atoms with van der Waals surface area (Å²) in [6, 6.07) is 5.19. The van der Waals surface area contributed by atoms with Crippen LogP contribution in [0.2, 0.25) is 0 Å². The van der Waals surface area contributed by atoms with Crippen molar-refractivity contribution in [2.24, 2.45) is 10.8 Å². The minimum Gasteiger partial charge on any atom is -0.493 e. The van der Waals surface area contributed by atoms with E-state index in [0.717, 1.165) is 45.0 Å². The summed E-state index contributed by atoms with van der Waals surface area (Å²) in [6.07, 6.45) is 1.61. The van der Waals surface area contributed by atoms with Crippen molar-refractivity contribution in [2.75, 3.05) is 53.1 Å². The van der Waals surface area contributed by atoms with Gasteiger partial charge in [-0.05, 0) is 36.0 Å². The number of benzene rings is 1. The van der Waals surface area contributed by atoms with Crippen LogP contribution in [0.3, 0.4) is 0 Å². The van der Waals surface area contributed by atoms with E-state index in [1.54, 1.807) is 24.4 Å². The summed E-state index contributed by atoms with van der Waals surface area (Å²) in [5.41, 5.74) is 8.63. The molecule has 1 amide bonds. The molecule has 1 aromatic rings. The average molecular weight is 395 g/mol. The van der Waals surface area contributed by atoms with Crippen LogP contribution in [0.5, 0.6) is 11.5 Å². The Morgan fingerprint density at radius 2 is 2.19 bits per heavy atom. The second-order valence-corrected chi connectivity index (χ2v) is 6.15. The minimum absolute atomic E-state index is 0.213. The SMILES string of the molecule is COc1cc(/C=N\NC(=S)NCCN2CCOCC2)ccc1OCC(N)=O. The van der Waals surface area contributed by atoms with Gasteiger partial charge in [0.25, 0.3) is 5.91 Å². The maximum absolute atomic E-state index is 10.8. The van der Waals surface area contributed by atoms with Gasteiger partial charge in [0.05, 0.1) is 26.5 Å². The molecule has 4 N–H and O–H groups in total. The lowest BCUT2D eigenvalue weighted by Gasteiger charge is -2.26. The molecule has 2 rings (SSSR count). The lowest BCUT2D eigenvalue weighted by molar-refractivity contribution is -0.119. The zero-order valence-corrected chi connectivity index (χ0v) is 16.1. The van der Waals surface area contributed by atoms with E-state index in [-0.39, 0.29) is 6.61 Å². The molecule has 0 atom stereocenters. The van der Waals surface area contributed by atoms with E-state index >= 15 is 0 Å². The highest BCUT2D eigenvalue weighted by Gasteiger charge is 2.09. The molecular weight excluding hydrogens is 370 g/mol. The van der Waals surface area contributed by atoms with E-state index in [1.165, 1.54) is 7.11 Å². The van der Waals surface area contributed by atoms with Crippen molar-refractivity contribution in [3.05, 3.63) is 23.8 Å². The third kappa shape index (κ3) is 7.77. The summed E-state index contributed by atoms with van der Waals surface area (Å²) in [6.45, 7) is 4.88. The maximum Gasteiger partial charge on any atom is 0.255 e. The molecule has 0 spiro atoms. The monoisotopic (exact) mass is 395 g/mol. The van der Waals surface area contributed by atoms with Gasteiger partial charge in [0.15, 0.2) is 23.2 Å². The second-order valence-electron chi connectivity index (χ2n) is 5.75. The highest BCUT2D eigenvalue weighted by molar-refractivity contribution is 7.80. The average Bonchev–Trinajstić information content (AvgIpc) is 2.67. The molecule has 1 saturated heterocycles. The van der Waals surface area contributed by atoms with Crippen LogP contribution in [0.15, 0.2) is 23.3 Å². The molecule has 0 bridgehead atoms. The number of primary amides is 1. The van der Waals surface area contributed by atoms with Gasteiger partial charge in [-0.15, -0.1) is 0 Å². The predicted molar refractivity (Wildman–Crippen MR) is 106 cm³/mol. The van der Waals surface area contributed by atoms with Crippen molar-refractivity contribution in [1.82, 2.24) is 15.6 Å². The van der Waals surface area contributed by atoms with Crippen LogP contribution in [0.25, 0.3) is 0 Å². The van der Waals surface area contributed by atoms with Crippen LogP contribution in [0.4, 0.5) is 0 Å². The van der Waals surface area contributed by atoms with Crippen molar-refractivity contribution in [3.8, 4) is 11.5 Å². The number of ether oxygens (including phenoxy) is 3. The molecule has 0 unspecified atom stereocenters. The fourth-order valence-corrected chi connectivity index (χ4v) is 2.54. The molecule has 0 radical (unpaired) electrons. The van der Waals surface area contributed by atoms with Gasteiger partial charge >= 0.3 is 0 Å². The van der Waals surface area contributed by atoms with Gasteiger partial charge in [0.1, 0.15) is 0 Å². The predicted octanol–water partition coefficient (Wildman–Crippen LogP) is -0.310. The van der Waals surface area contributed by atoms with Gasteiger partial charge in [-0.25, -0.2) is 0 Å². The van der Waals surface area contributed by atoms with Gasteiger partial charge in [0, 0.05) is 26.2 Å². The van der Waals surface area contributed by atoms with Gasteiger partial charge in [-0.1, -0.05) is 0 Å². The molecule has 0 aliphatic carbocycles. The van der Waals surface area contributed by atoms with Crippen molar-refractivity contribution < 1.29 is 19.0 Å². The third-order valence-corrected chi connectivity index (χ3v) is 3.99. The van der Waals surface area contributed by atoms with E-state index in [9.17, 15) is 4.79 Å². The van der Waals surface area contributed by atoms with Gasteiger partial charge in [0.2, 0.25) is 0 Å². The Labute approximate surface area is 163 Å². The number of hydrazone groups is 1. The normalized spacial score (nSPS) is 14.7. The Morgan fingerprint density at radius 3 is 2.89 bits per heavy atom. The zero-order valence-electron chi connectivity index (χ0n) is 15.3. The first-order chi connectivity index (χ1) is 13.1. The molecule has 10 heteroatoms. The maximum atomic E-state index is 10.8. The number of nitrogens with two attached hydrogens (primary N) is 1. The fraction of sp³-hybridized carbons (Fsp3) is 0.471. The topological polar surface area (TPSA) is 110 Å². The van der Waals surface area contributed by atoms with E-state index in [2.05, 4.69) is 20.7 Å². The quantitative estimate of drug-likeness (QED) is 0.297. The number of carbonyl (C=O) groups is 1.